The first kappa shape index (κ1) is 23.0. The summed E-state index contributed by atoms with van der Waals surface area (Å²) in [7, 11) is 2.07. The second kappa shape index (κ2) is 9.77. The number of nitriles is 1. The third-order valence-corrected chi connectivity index (χ3v) is 8.41. The predicted octanol–water partition coefficient (Wildman–Crippen LogP) is 1.89. The molecule has 0 spiro atoms. The summed E-state index contributed by atoms with van der Waals surface area (Å²) in [6.45, 7) is 6.28. The normalized spacial score (nSPS) is 25.6. The van der Waals surface area contributed by atoms with Crippen LogP contribution in [-0.4, -0.2) is 79.0 Å². The molecule has 1 aliphatic carbocycles. The lowest BCUT2D eigenvalue weighted by atomic mass is 9.74. The van der Waals surface area contributed by atoms with Gasteiger partial charge in [0, 0.05) is 37.1 Å². The molecule has 2 saturated heterocycles. The minimum atomic E-state index is -0.287. The van der Waals surface area contributed by atoms with Gasteiger partial charge >= 0.3 is 6.03 Å². The van der Waals surface area contributed by atoms with E-state index in [0.29, 0.717) is 36.2 Å². The van der Waals surface area contributed by atoms with Crippen LogP contribution in [0.5, 0.6) is 0 Å². The number of piperidine rings is 1. The van der Waals surface area contributed by atoms with Crippen molar-refractivity contribution in [2.24, 2.45) is 11.8 Å². The number of likely N-dealkylation sites (tertiary alicyclic amines) is 2. The fraction of sp³-hybridized carbons (Fsp3) is 0.696. The van der Waals surface area contributed by atoms with E-state index in [2.05, 4.69) is 28.2 Å². The number of carbonyl (C=O) groups is 2. The molecule has 3 heterocycles. The smallest absolute Gasteiger partial charge is 0.324 e. The number of carbonyl (C=O) groups excluding carboxylic acids is 2. The van der Waals surface area contributed by atoms with Crippen LogP contribution in [0.2, 0.25) is 0 Å². The van der Waals surface area contributed by atoms with Crippen LogP contribution in [-0.2, 0) is 17.6 Å². The van der Waals surface area contributed by atoms with E-state index in [4.69, 9.17) is 5.73 Å². The van der Waals surface area contributed by atoms with E-state index in [1.165, 1.54) is 34.0 Å². The van der Waals surface area contributed by atoms with Gasteiger partial charge in [-0.2, -0.15) is 5.26 Å². The number of nitrogens with one attached hydrogen (secondary N) is 1. The highest BCUT2D eigenvalue weighted by atomic mass is 32.1. The highest BCUT2D eigenvalue weighted by Gasteiger charge is 2.43. The Balaban J connectivity index is 1.48. The molecular formula is C23H34N6O2S. The van der Waals surface area contributed by atoms with Gasteiger partial charge in [0.1, 0.15) is 11.1 Å². The maximum atomic E-state index is 13.6. The van der Waals surface area contributed by atoms with Gasteiger partial charge in [-0.3, -0.25) is 9.69 Å². The molecule has 3 amide bonds. The van der Waals surface area contributed by atoms with Crippen molar-refractivity contribution >= 4 is 28.3 Å². The summed E-state index contributed by atoms with van der Waals surface area (Å²) in [5, 5.41) is 13.0. The summed E-state index contributed by atoms with van der Waals surface area (Å²) in [4.78, 5) is 33.6. The average Bonchev–Trinajstić information content (AvgIpc) is 3.39. The van der Waals surface area contributed by atoms with Crippen molar-refractivity contribution in [3.8, 4) is 6.07 Å². The van der Waals surface area contributed by atoms with Crippen molar-refractivity contribution in [3.05, 3.63) is 16.0 Å². The van der Waals surface area contributed by atoms with Crippen LogP contribution in [0.15, 0.2) is 0 Å². The third-order valence-electron chi connectivity index (χ3n) is 7.32. The zero-order valence-electron chi connectivity index (χ0n) is 19.1. The lowest BCUT2D eigenvalue weighted by molar-refractivity contribution is -0.136. The molecule has 174 valence electrons. The molecule has 0 saturated carbocycles. The lowest BCUT2D eigenvalue weighted by Crippen LogP contribution is -2.56. The first-order valence-corrected chi connectivity index (χ1v) is 12.6. The molecule has 4 rings (SSSR count). The molecule has 1 aromatic rings. The number of nitrogens with zero attached hydrogens (tertiary/aromatic N) is 4. The van der Waals surface area contributed by atoms with Gasteiger partial charge in [0.2, 0.25) is 5.91 Å². The standard InChI is InChI=1S/C23H34N6O2S/c1-3-26-23(31)29(9-8-28-6-4-5-7-28)22(30)16-10-15-11-17-18(13-24)21(25)32-20(17)12-19(15)27(2)14-16/h15-16,19H,3-12,14,25H2,1-2H3,(H,26,31)/t15-,16-,19-/m1/s1. The Hall–Kier alpha value is -2.15. The van der Waals surface area contributed by atoms with Crippen LogP contribution >= 0.6 is 11.3 Å². The van der Waals surface area contributed by atoms with Crippen molar-refractivity contribution in [1.82, 2.24) is 20.0 Å². The second-order valence-corrected chi connectivity index (χ2v) is 10.5. The van der Waals surface area contributed by atoms with E-state index >= 15 is 0 Å². The van der Waals surface area contributed by atoms with E-state index in [9.17, 15) is 14.9 Å². The number of likely N-dealkylation sites (N-methyl/N-ethyl adjacent to an activating group) is 1. The van der Waals surface area contributed by atoms with Crippen molar-refractivity contribution < 1.29 is 9.59 Å². The highest BCUT2D eigenvalue weighted by molar-refractivity contribution is 7.16. The largest absolute Gasteiger partial charge is 0.389 e. The molecule has 2 aliphatic heterocycles. The minimum Gasteiger partial charge on any atom is -0.389 e. The van der Waals surface area contributed by atoms with E-state index < -0.39 is 0 Å². The monoisotopic (exact) mass is 458 g/mol. The second-order valence-electron chi connectivity index (χ2n) is 9.34. The van der Waals surface area contributed by atoms with Gasteiger partial charge in [0.15, 0.2) is 0 Å². The van der Waals surface area contributed by atoms with E-state index in [-0.39, 0.29) is 23.8 Å². The van der Waals surface area contributed by atoms with Gasteiger partial charge in [0.25, 0.3) is 0 Å². The molecule has 8 nitrogen and oxygen atoms in total. The molecule has 0 aromatic carbocycles. The summed E-state index contributed by atoms with van der Waals surface area (Å²) in [5.74, 6) is -0.00643. The molecule has 3 N–H and O–H groups in total. The maximum absolute atomic E-state index is 13.6. The van der Waals surface area contributed by atoms with Gasteiger partial charge in [-0.25, -0.2) is 4.79 Å². The number of nitrogen functional groups attached to an aromatic ring is 1. The summed E-state index contributed by atoms with van der Waals surface area (Å²) in [5.41, 5.74) is 7.79. The molecule has 0 bridgehead atoms. The van der Waals surface area contributed by atoms with Crippen LogP contribution in [0.4, 0.5) is 9.80 Å². The topological polar surface area (TPSA) is 106 Å². The number of imide groups is 1. The van der Waals surface area contributed by atoms with Gasteiger partial charge in [-0.1, -0.05) is 0 Å². The van der Waals surface area contributed by atoms with Crippen LogP contribution in [0.25, 0.3) is 0 Å². The summed E-state index contributed by atoms with van der Waals surface area (Å²) < 4.78 is 0. The van der Waals surface area contributed by atoms with Gasteiger partial charge < -0.3 is 20.9 Å². The Morgan fingerprint density at radius 2 is 2.06 bits per heavy atom. The average molecular weight is 459 g/mol. The SMILES string of the molecule is CCNC(=O)N(CCN1CCCC1)C(=O)[C@@H]1C[C@@H]2Cc3c(sc(N)c3C#N)C[C@H]2N(C)C1. The summed E-state index contributed by atoms with van der Waals surface area (Å²) >= 11 is 1.53. The molecule has 0 radical (unpaired) electrons. The van der Waals surface area contributed by atoms with Gasteiger partial charge in [0.05, 0.1) is 11.5 Å². The van der Waals surface area contributed by atoms with Crippen molar-refractivity contribution in [3.63, 3.8) is 0 Å². The maximum Gasteiger partial charge on any atom is 0.324 e. The molecule has 0 unspecified atom stereocenters. The molecule has 1 aromatic heterocycles. The zero-order chi connectivity index (χ0) is 22.8. The summed E-state index contributed by atoms with van der Waals surface area (Å²) in [6, 6.07) is 2.33. The third kappa shape index (κ3) is 4.49. The van der Waals surface area contributed by atoms with Crippen molar-refractivity contribution in [1.29, 1.82) is 5.26 Å². The Bertz CT molecular complexity index is 903. The number of hydrogen-bond acceptors (Lipinski definition) is 7. The van der Waals surface area contributed by atoms with Crippen LogP contribution in [0.1, 0.15) is 42.2 Å². The molecule has 9 heteroatoms. The number of nitrogens with two attached hydrogens (primary N) is 1. The quantitative estimate of drug-likeness (QED) is 0.698. The number of fused-ring (bicyclic) bond motifs is 2. The molecule has 32 heavy (non-hydrogen) atoms. The molecular weight excluding hydrogens is 424 g/mol. The van der Waals surface area contributed by atoms with E-state index in [0.717, 1.165) is 44.5 Å². The van der Waals surface area contributed by atoms with Crippen LogP contribution in [0.3, 0.4) is 0 Å². The van der Waals surface area contributed by atoms with E-state index in [1.54, 1.807) is 0 Å². The zero-order valence-corrected chi connectivity index (χ0v) is 19.9. The number of urea groups is 1. The molecule has 3 atom stereocenters. The Morgan fingerprint density at radius 1 is 1.31 bits per heavy atom. The number of thiophene rings is 1. The van der Waals surface area contributed by atoms with Crippen molar-refractivity contribution in [2.45, 2.75) is 45.1 Å². The van der Waals surface area contributed by atoms with Crippen LogP contribution < -0.4 is 11.1 Å². The predicted molar refractivity (Wildman–Crippen MR) is 125 cm³/mol. The molecule has 3 aliphatic rings. The first-order chi connectivity index (χ1) is 15.4. The fourth-order valence-electron chi connectivity index (χ4n) is 5.68. The lowest BCUT2D eigenvalue weighted by Gasteiger charge is -2.45. The first-order valence-electron chi connectivity index (χ1n) is 11.7. The number of rotatable bonds is 5. The summed E-state index contributed by atoms with van der Waals surface area (Å²) in [6.07, 6.45) is 4.77. The number of amides is 3. The molecule has 2 fully saturated rings. The number of hydrogen-bond donors (Lipinski definition) is 2. The Kier molecular flexibility index (Phi) is 7.03. The van der Waals surface area contributed by atoms with Gasteiger partial charge in [-0.05, 0) is 70.6 Å². The minimum absolute atomic E-state index is 0.0726. The Labute approximate surface area is 194 Å². The van der Waals surface area contributed by atoms with Crippen LogP contribution in [0, 0.1) is 23.2 Å². The number of anilines is 1. The van der Waals surface area contributed by atoms with Gasteiger partial charge in [-0.15, -0.1) is 11.3 Å². The van der Waals surface area contributed by atoms with Crippen molar-refractivity contribution in [2.75, 3.05) is 52.0 Å². The fourth-order valence-corrected chi connectivity index (χ4v) is 6.78. The highest BCUT2D eigenvalue weighted by Crippen LogP contribution is 2.43. The van der Waals surface area contributed by atoms with E-state index in [1.807, 2.05) is 6.92 Å². The Morgan fingerprint density at radius 3 is 2.75 bits per heavy atom.